The molecule has 3 aromatic rings. The second kappa shape index (κ2) is 16.7. The lowest BCUT2D eigenvalue weighted by atomic mass is 9.90. The van der Waals surface area contributed by atoms with Gasteiger partial charge in [-0.25, -0.2) is 4.39 Å². The van der Waals surface area contributed by atoms with Gasteiger partial charge >= 0.3 is 12.1 Å². The summed E-state index contributed by atoms with van der Waals surface area (Å²) in [6.07, 6.45) is -5.36. The van der Waals surface area contributed by atoms with E-state index in [0.717, 1.165) is 22.8 Å². The van der Waals surface area contributed by atoms with Crippen LogP contribution in [-0.4, -0.2) is 59.0 Å². The molecule has 14 heteroatoms. The second-order valence-corrected chi connectivity index (χ2v) is 13.6. The summed E-state index contributed by atoms with van der Waals surface area (Å²) in [5, 5.41) is 15.3. The molecule has 50 heavy (non-hydrogen) atoms. The van der Waals surface area contributed by atoms with Crippen LogP contribution in [0.25, 0.3) is 11.1 Å². The van der Waals surface area contributed by atoms with Gasteiger partial charge in [0, 0.05) is 17.1 Å². The summed E-state index contributed by atoms with van der Waals surface area (Å²) < 4.78 is 57.6. The number of aliphatic carboxylic acids is 1. The van der Waals surface area contributed by atoms with Crippen LogP contribution < -0.4 is 16.2 Å². The summed E-state index contributed by atoms with van der Waals surface area (Å²) in [7, 11) is 3.46. The number of amides is 2. The smallest absolute Gasteiger partial charge is 0.431 e. The van der Waals surface area contributed by atoms with E-state index in [2.05, 4.69) is 10.6 Å². The fraction of sp³-hybridized carbons (Fsp3) is 0.444. The van der Waals surface area contributed by atoms with Gasteiger partial charge in [-0.15, -0.1) is 0 Å². The average molecular weight is 723 g/mol. The van der Waals surface area contributed by atoms with Gasteiger partial charge in [-0.1, -0.05) is 25.4 Å². The Kier molecular flexibility index (Phi) is 13.4. The Morgan fingerprint density at radius 3 is 2.14 bits per heavy atom. The van der Waals surface area contributed by atoms with Gasteiger partial charge in [0.25, 0.3) is 11.5 Å². The van der Waals surface area contributed by atoms with E-state index in [1.165, 1.54) is 13.0 Å². The maximum absolute atomic E-state index is 15.7. The van der Waals surface area contributed by atoms with Crippen LogP contribution in [-0.2, 0) is 22.3 Å². The van der Waals surface area contributed by atoms with Crippen molar-refractivity contribution in [1.82, 2.24) is 20.1 Å². The molecule has 0 aliphatic carbocycles. The predicted octanol–water partition coefficient (Wildman–Crippen LogP) is 6.68. The molecule has 0 saturated carbocycles. The quantitative estimate of drug-likeness (QED) is 0.160. The first kappa shape index (κ1) is 40.2. The number of halogens is 5. The molecule has 3 N–H and O–H groups in total. The van der Waals surface area contributed by atoms with Gasteiger partial charge in [-0.3, -0.25) is 19.2 Å². The molecule has 2 atom stereocenters. The molecular weight excluding hydrogens is 680 g/mol. The lowest BCUT2D eigenvalue weighted by Gasteiger charge is -2.25. The van der Waals surface area contributed by atoms with Crippen molar-refractivity contribution in [3.63, 3.8) is 0 Å². The van der Waals surface area contributed by atoms with Crippen LogP contribution >= 0.6 is 11.6 Å². The molecule has 0 aliphatic heterocycles. The number of pyridine rings is 1. The number of carbonyl (C=O) groups excluding carboxylic acids is 2. The molecule has 9 nitrogen and oxygen atoms in total. The molecule has 3 rings (SSSR count). The number of hydrogen-bond donors (Lipinski definition) is 3. The lowest BCUT2D eigenvalue weighted by molar-refractivity contribution is -0.144. The highest BCUT2D eigenvalue weighted by Gasteiger charge is 2.36. The Morgan fingerprint density at radius 2 is 1.60 bits per heavy atom. The molecule has 0 saturated heterocycles. The number of hydrogen-bond acceptors (Lipinski definition) is 5. The summed E-state index contributed by atoms with van der Waals surface area (Å²) in [6, 6.07) is 5.26. The van der Waals surface area contributed by atoms with E-state index >= 15 is 4.39 Å². The number of nitrogens with one attached hydrogen (secondary N) is 2. The fourth-order valence-corrected chi connectivity index (χ4v) is 6.28. The van der Waals surface area contributed by atoms with Crippen molar-refractivity contribution in [3.8, 4) is 11.1 Å². The Hall–Kier alpha value is -4.23. The zero-order chi connectivity index (χ0) is 37.7. The Bertz CT molecular complexity index is 1780. The summed E-state index contributed by atoms with van der Waals surface area (Å²) in [4.78, 5) is 54.2. The van der Waals surface area contributed by atoms with Gasteiger partial charge in [-0.2, -0.15) is 13.2 Å². The van der Waals surface area contributed by atoms with E-state index in [4.69, 9.17) is 11.6 Å². The SMILES string of the molecule is Cc1cc(-c2c(C)cc(Cl)cc2C)cc([C@H](CC(=O)O)NC(=O)[C@H](CC(C)C)NC(=O)c2ccc(C(F)(F)F)n(CCCN(C)C)c2=O)c1F. The number of carbonyl (C=O) groups is 3. The molecule has 2 aromatic carbocycles. The minimum absolute atomic E-state index is 0.0136. The summed E-state index contributed by atoms with van der Waals surface area (Å²) in [5.74, 6) is -4.22. The molecule has 1 heterocycles. The third kappa shape index (κ3) is 10.2. The highest BCUT2D eigenvalue weighted by molar-refractivity contribution is 6.30. The van der Waals surface area contributed by atoms with Gasteiger partial charge in [0.15, 0.2) is 0 Å². The van der Waals surface area contributed by atoms with Gasteiger partial charge in [0.05, 0.1) is 12.5 Å². The molecule has 0 bridgehead atoms. The van der Waals surface area contributed by atoms with Crippen LogP contribution in [0.1, 0.15) is 77.5 Å². The van der Waals surface area contributed by atoms with Crippen LogP contribution in [0.4, 0.5) is 17.6 Å². The number of aromatic nitrogens is 1. The summed E-state index contributed by atoms with van der Waals surface area (Å²) in [5.41, 5.74) is 0.0413. The lowest BCUT2D eigenvalue weighted by Crippen LogP contribution is -2.49. The van der Waals surface area contributed by atoms with Crippen molar-refractivity contribution in [3.05, 3.63) is 91.1 Å². The largest absolute Gasteiger partial charge is 0.481 e. The van der Waals surface area contributed by atoms with Crippen LogP contribution in [0.15, 0.2) is 41.2 Å². The Morgan fingerprint density at radius 1 is 0.980 bits per heavy atom. The third-order valence-electron chi connectivity index (χ3n) is 8.16. The summed E-state index contributed by atoms with van der Waals surface area (Å²) in [6.45, 7) is 8.76. The van der Waals surface area contributed by atoms with E-state index in [1.807, 2.05) is 13.8 Å². The standard InChI is InChI=1S/C36H43ClF4N4O5/c1-19(2)13-28(43-33(48)25-9-10-29(36(39,40)41)45(35(25)50)12-8-11-44(6)7)34(49)42-27(18-30(46)47)26-17-23(14-22(5)32(26)38)31-20(3)15-24(37)16-21(31)4/h9-10,14-17,19,27-28H,8,11-13,18H2,1-7H3,(H,42,49)(H,43,48)(H,46,47)/t27-,28-/m0/s1. The van der Waals surface area contributed by atoms with Crippen molar-refractivity contribution < 1.29 is 37.1 Å². The van der Waals surface area contributed by atoms with Crippen LogP contribution in [0.2, 0.25) is 5.02 Å². The molecule has 0 radical (unpaired) electrons. The predicted molar refractivity (Wildman–Crippen MR) is 184 cm³/mol. The minimum Gasteiger partial charge on any atom is -0.481 e. The molecule has 2 amide bonds. The third-order valence-corrected chi connectivity index (χ3v) is 8.38. The topological polar surface area (TPSA) is 121 Å². The number of rotatable bonds is 14. The number of aryl methyl sites for hydroxylation is 3. The van der Waals surface area contributed by atoms with E-state index in [9.17, 15) is 37.5 Å². The average Bonchev–Trinajstić information content (AvgIpc) is 2.97. The zero-order valence-corrected chi connectivity index (χ0v) is 29.9. The van der Waals surface area contributed by atoms with Crippen molar-refractivity contribution in [2.75, 3.05) is 20.6 Å². The molecule has 0 aliphatic rings. The maximum atomic E-state index is 15.7. The first-order chi connectivity index (χ1) is 23.2. The number of carboxylic acid groups (broad SMARTS) is 1. The Labute approximate surface area is 293 Å². The number of benzene rings is 2. The molecule has 1 aromatic heterocycles. The Balaban J connectivity index is 2.01. The fourth-order valence-electron chi connectivity index (χ4n) is 5.95. The maximum Gasteiger partial charge on any atom is 0.431 e. The minimum atomic E-state index is -4.86. The molecule has 0 spiro atoms. The van der Waals surface area contributed by atoms with Crippen molar-refractivity contribution >= 4 is 29.4 Å². The van der Waals surface area contributed by atoms with E-state index in [0.29, 0.717) is 27.8 Å². The van der Waals surface area contributed by atoms with Crippen LogP contribution in [0, 0.1) is 32.5 Å². The van der Waals surface area contributed by atoms with Crippen LogP contribution in [0.5, 0.6) is 0 Å². The van der Waals surface area contributed by atoms with Gasteiger partial charge in [-0.05, 0) is 124 Å². The summed E-state index contributed by atoms with van der Waals surface area (Å²) >= 11 is 6.21. The van der Waals surface area contributed by atoms with E-state index < -0.39 is 65.1 Å². The monoisotopic (exact) mass is 722 g/mol. The number of nitrogens with zero attached hydrogens (tertiary/aromatic N) is 2. The number of alkyl halides is 3. The van der Waals surface area contributed by atoms with Gasteiger partial charge in [0.1, 0.15) is 23.1 Å². The molecule has 272 valence electrons. The highest BCUT2D eigenvalue weighted by atomic mass is 35.5. The molecule has 0 fully saturated rings. The van der Waals surface area contributed by atoms with E-state index in [1.54, 1.807) is 51.0 Å². The van der Waals surface area contributed by atoms with Crippen LogP contribution in [0.3, 0.4) is 0 Å². The normalized spacial score (nSPS) is 13.0. The van der Waals surface area contributed by atoms with Crippen molar-refractivity contribution in [2.45, 2.75) is 78.7 Å². The first-order valence-electron chi connectivity index (χ1n) is 16.1. The molecular formula is C36H43ClF4N4O5. The second-order valence-electron chi connectivity index (χ2n) is 13.2. The van der Waals surface area contributed by atoms with E-state index in [-0.39, 0.29) is 36.4 Å². The molecule has 0 unspecified atom stereocenters. The van der Waals surface area contributed by atoms with Gasteiger partial charge in [0.2, 0.25) is 5.91 Å². The van der Waals surface area contributed by atoms with Crippen molar-refractivity contribution in [2.24, 2.45) is 5.92 Å². The first-order valence-corrected chi connectivity index (χ1v) is 16.4. The number of carboxylic acids is 1. The van der Waals surface area contributed by atoms with Gasteiger partial charge < -0.3 is 25.2 Å². The van der Waals surface area contributed by atoms with Crippen molar-refractivity contribution in [1.29, 1.82) is 0 Å². The zero-order valence-electron chi connectivity index (χ0n) is 29.1. The highest BCUT2D eigenvalue weighted by Crippen LogP contribution is 2.35.